The Labute approximate surface area is 134 Å². The van der Waals surface area contributed by atoms with Crippen molar-refractivity contribution >= 4 is 29.8 Å². The van der Waals surface area contributed by atoms with Crippen LogP contribution in [0.5, 0.6) is 0 Å². The van der Waals surface area contributed by atoms with E-state index in [-0.39, 0.29) is 11.8 Å². The van der Waals surface area contributed by atoms with Crippen LogP contribution in [-0.2, 0) is 9.59 Å². The summed E-state index contributed by atoms with van der Waals surface area (Å²) in [6.45, 7) is 1.45. The average Bonchev–Trinajstić information content (AvgIpc) is 2.55. The van der Waals surface area contributed by atoms with Gasteiger partial charge in [-0.05, 0) is 29.3 Å². The molecule has 2 N–H and O–H groups in total. The molecule has 0 heterocycles. The Balaban J connectivity index is 1.85. The van der Waals surface area contributed by atoms with Gasteiger partial charge in [-0.3, -0.25) is 9.59 Å². The first kappa shape index (κ1) is 16.2. The Bertz CT molecular complexity index is 720. The lowest BCUT2D eigenvalue weighted by Gasteiger charge is -2.01. The number of nitrogens with zero attached hydrogens (tertiary/aromatic N) is 1. The van der Waals surface area contributed by atoms with Gasteiger partial charge in [-0.25, -0.2) is 5.43 Å². The van der Waals surface area contributed by atoms with Gasteiger partial charge in [-0.2, -0.15) is 5.10 Å². The quantitative estimate of drug-likeness (QED) is 0.506. The largest absolute Gasteiger partial charge is 0.326 e. The van der Waals surface area contributed by atoms with Crippen molar-refractivity contribution in [1.82, 2.24) is 5.43 Å². The van der Waals surface area contributed by atoms with Crippen LogP contribution < -0.4 is 10.7 Å². The smallest absolute Gasteiger partial charge is 0.264 e. The van der Waals surface area contributed by atoms with Crippen molar-refractivity contribution in [3.05, 3.63) is 71.8 Å². The summed E-state index contributed by atoms with van der Waals surface area (Å²) in [7, 11) is 0. The Morgan fingerprint density at radius 1 is 0.957 bits per heavy atom. The van der Waals surface area contributed by atoms with Gasteiger partial charge in [0.25, 0.3) is 5.91 Å². The van der Waals surface area contributed by atoms with E-state index in [0.29, 0.717) is 5.69 Å². The number of hydrogen-bond acceptors (Lipinski definition) is 3. The Morgan fingerprint density at radius 2 is 1.65 bits per heavy atom. The summed E-state index contributed by atoms with van der Waals surface area (Å²) in [6, 6.07) is 16.6. The highest BCUT2D eigenvalue weighted by Crippen LogP contribution is 2.07. The highest BCUT2D eigenvalue weighted by Gasteiger charge is 1.95. The SMILES string of the molecule is CC(=O)Nc1ccc(/C=N\NC(=O)/C=C\c2ccccc2)cc1. The van der Waals surface area contributed by atoms with Crippen molar-refractivity contribution in [3.63, 3.8) is 0 Å². The van der Waals surface area contributed by atoms with Gasteiger partial charge in [0.15, 0.2) is 0 Å². The second-order valence-electron chi connectivity index (χ2n) is 4.78. The number of nitrogens with one attached hydrogen (secondary N) is 2. The third-order valence-electron chi connectivity index (χ3n) is 2.85. The fraction of sp³-hybridized carbons (Fsp3) is 0.0556. The maximum absolute atomic E-state index is 11.6. The fourth-order valence-electron chi connectivity index (χ4n) is 1.80. The molecule has 5 nitrogen and oxygen atoms in total. The van der Waals surface area contributed by atoms with E-state index in [0.717, 1.165) is 11.1 Å². The predicted molar refractivity (Wildman–Crippen MR) is 92.0 cm³/mol. The molecule has 2 amide bonds. The molecule has 0 aliphatic carbocycles. The molecule has 0 fully saturated rings. The molecule has 0 aliphatic heterocycles. The summed E-state index contributed by atoms with van der Waals surface area (Å²) in [5.41, 5.74) is 4.89. The van der Waals surface area contributed by atoms with Crippen LogP contribution in [0, 0.1) is 0 Å². The predicted octanol–water partition coefficient (Wildman–Crippen LogP) is 2.81. The maximum Gasteiger partial charge on any atom is 0.264 e. The van der Waals surface area contributed by atoms with Gasteiger partial charge in [0.2, 0.25) is 5.91 Å². The molecule has 0 bridgehead atoms. The zero-order valence-corrected chi connectivity index (χ0v) is 12.7. The molecule has 116 valence electrons. The van der Waals surface area contributed by atoms with Gasteiger partial charge in [0, 0.05) is 18.7 Å². The number of anilines is 1. The summed E-state index contributed by atoms with van der Waals surface area (Å²) in [6.07, 6.45) is 4.67. The van der Waals surface area contributed by atoms with Crippen molar-refractivity contribution in [2.75, 3.05) is 5.32 Å². The molecule has 0 aromatic heterocycles. The van der Waals surface area contributed by atoms with Crippen molar-refractivity contribution in [1.29, 1.82) is 0 Å². The van der Waals surface area contributed by atoms with E-state index in [1.165, 1.54) is 19.2 Å². The molecule has 2 rings (SSSR count). The van der Waals surface area contributed by atoms with Gasteiger partial charge in [0.1, 0.15) is 0 Å². The summed E-state index contributed by atoms with van der Waals surface area (Å²) >= 11 is 0. The standard InChI is InChI=1S/C18H17N3O2/c1-14(22)20-17-10-7-16(8-11-17)13-19-21-18(23)12-9-15-5-3-2-4-6-15/h2-13H,1H3,(H,20,22)(H,21,23)/b12-9-,19-13-. The monoisotopic (exact) mass is 307 g/mol. The summed E-state index contributed by atoms with van der Waals surface area (Å²) < 4.78 is 0. The topological polar surface area (TPSA) is 70.6 Å². The van der Waals surface area contributed by atoms with Crippen LogP contribution in [0.15, 0.2) is 65.8 Å². The first-order chi connectivity index (χ1) is 11.1. The molecule has 23 heavy (non-hydrogen) atoms. The fourth-order valence-corrected chi connectivity index (χ4v) is 1.80. The third-order valence-corrected chi connectivity index (χ3v) is 2.85. The van der Waals surface area contributed by atoms with E-state index in [4.69, 9.17) is 0 Å². The van der Waals surface area contributed by atoms with Crippen molar-refractivity contribution in [3.8, 4) is 0 Å². The van der Waals surface area contributed by atoms with E-state index < -0.39 is 0 Å². The number of hydrazone groups is 1. The van der Waals surface area contributed by atoms with E-state index in [2.05, 4.69) is 15.8 Å². The first-order valence-electron chi connectivity index (χ1n) is 7.07. The average molecular weight is 307 g/mol. The third kappa shape index (κ3) is 5.97. The van der Waals surface area contributed by atoms with Crippen LogP contribution in [0.3, 0.4) is 0 Å². The number of hydrogen-bond donors (Lipinski definition) is 2. The van der Waals surface area contributed by atoms with Gasteiger partial charge in [-0.1, -0.05) is 42.5 Å². The number of benzene rings is 2. The molecule has 2 aromatic rings. The highest BCUT2D eigenvalue weighted by molar-refractivity contribution is 5.93. The van der Waals surface area contributed by atoms with E-state index in [1.807, 2.05) is 30.3 Å². The molecular weight excluding hydrogens is 290 g/mol. The lowest BCUT2D eigenvalue weighted by Crippen LogP contribution is -2.14. The zero-order valence-electron chi connectivity index (χ0n) is 12.7. The first-order valence-corrected chi connectivity index (χ1v) is 7.07. The Kier molecular flexibility index (Phi) is 5.82. The van der Waals surface area contributed by atoms with Gasteiger partial charge >= 0.3 is 0 Å². The van der Waals surface area contributed by atoms with E-state index >= 15 is 0 Å². The molecule has 0 unspecified atom stereocenters. The molecule has 0 radical (unpaired) electrons. The molecule has 2 aromatic carbocycles. The lowest BCUT2D eigenvalue weighted by molar-refractivity contribution is -0.116. The van der Waals surface area contributed by atoms with Gasteiger partial charge < -0.3 is 5.32 Å². The van der Waals surface area contributed by atoms with Crippen LogP contribution >= 0.6 is 0 Å². The normalized spacial score (nSPS) is 10.8. The van der Waals surface area contributed by atoms with Crippen LogP contribution in [0.25, 0.3) is 6.08 Å². The Hall–Kier alpha value is -3.21. The highest BCUT2D eigenvalue weighted by atomic mass is 16.2. The molecule has 0 saturated heterocycles. The van der Waals surface area contributed by atoms with Crippen LogP contribution in [0.4, 0.5) is 5.69 Å². The van der Waals surface area contributed by atoms with Crippen molar-refractivity contribution < 1.29 is 9.59 Å². The minimum absolute atomic E-state index is 0.121. The lowest BCUT2D eigenvalue weighted by atomic mass is 10.2. The van der Waals surface area contributed by atoms with Crippen LogP contribution in [0.1, 0.15) is 18.1 Å². The Morgan fingerprint density at radius 3 is 2.30 bits per heavy atom. The van der Waals surface area contributed by atoms with Crippen LogP contribution in [0.2, 0.25) is 0 Å². The molecule has 5 heteroatoms. The van der Waals surface area contributed by atoms with Crippen molar-refractivity contribution in [2.24, 2.45) is 5.10 Å². The minimum atomic E-state index is -0.306. The number of carbonyl (C=O) groups excluding carboxylic acids is 2. The van der Waals surface area contributed by atoms with Crippen LogP contribution in [-0.4, -0.2) is 18.0 Å². The zero-order chi connectivity index (χ0) is 16.5. The molecular formula is C18H17N3O2. The molecule has 0 aliphatic rings. The molecule has 0 atom stereocenters. The molecule has 0 saturated carbocycles. The van der Waals surface area contributed by atoms with Crippen molar-refractivity contribution in [2.45, 2.75) is 6.92 Å². The summed E-state index contributed by atoms with van der Waals surface area (Å²) in [5.74, 6) is -0.427. The minimum Gasteiger partial charge on any atom is -0.326 e. The summed E-state index contributed by atoms with van der Waals surface area (Å²) in [4.78, 5) is 22.5. The number of amides is 2. The second-order valence-corrected chi connectivity index (χ2v) is 4.78. The van der Waals surface area contributed by atoms with Gasteiger partial charge in [0.05, 0.1) is 6.21 Å². The molecule has 0 spiro atoms. The second kappa shape index (κ2) is 8.29. The van der Waals surface area contributed by atoms with E-state index in [1.54, 1.807) is 30.3 Å². The van der Waals surface area contributed by atoms with Gasteiger partial charge in [-0.15, -0.1) is 0 Å². The van der Waals surface area contributed by atoms with E-state index in [9.17, 15) is 9.59 Å². The number of carbonyl (C=O) groups is 2. The summed E-state index contributed by atoms with van der Waals surface area (Å²) in [5, 5.41) is 6.56. The maximum atomic E-state index is 11.6. The number of rotatable bonds is 5.